The molecule has 2 rings (SSSR count). The topological polar surface area (TPSA) is 92.5 Å². The maximum Gasteiger partial charge on any atom is 0.290 e. The molecular formula is C16H21N3O4S. The number of carbonyl (C=O) groups is 3. The molecule has 0 saturated heterocycles. The molecule has 0 saturated carbocycles. The number of imidazole rings is 1. The van der Waals surface area contributed by atoms with Crippen molar-refractivity contribution in [1.29, 1.82) is 0 Å². The molecule has 0 aliphatic heterocycles. The third kappa shape index (κ3) is 5.62. The number of thiophene rings is 1. The molecule has 0 unspecified atom stereocenters. The molecule has 0 aliphatic rings. The average molecular weight is 351 g/mol. The molecular weight excluding hydrogens is 330 g/mol. The SMILES string of the molecule is CCn1ccnc1CN(C)C(=O)Cc1csc(C(C)=O)c1.O=CO. The van der Waals surface area contributed by atoms with Crippen molar-refractivity contribution in [3.8, 4) is 0 Å². The Morgan fingerprint density at radius 1 is 1.46 bits per heavy atom. The normalized spacial score (nSPS) is 9.79. The zero-order valence-electron chi connectivity index (χ0n) is 13.9. The van der Waals surface area contributed by atoms with E-state index in [-0.39, 0.29) is 18.2 Å². The molecule has 1 N–H and O–H groups in total. The molecule has 1 amide bonds. The van der Waals surface area contributed by atoms with Crippen LogP contribution in [0, 0.1) is 0 Å². The van der Waals surface area contributed by atoms with Crippen molar-refractivity contribution >= 4 is 29.5 Å². The van der Waals surface area contributed by atoms with Crippen LogP contribution >= 0.6 is 11.3 Å². The van der Waals surface area contributed by atoms with Gasteiger partial charge in [-0.2, -0.15) is 0 Å². The van der Waals surface area contributed by atoms with Crippen molar-refractivity contribution in [3.05, 3.63) is 40.1 Å². The first-order valence-electron chi connectivity index (χ1n) is 7.33. The van der Waals surface area contributed by atoms with Gasteiger partial charge in [-0.15, -0.1) is 11.3 Å². The fraction of sp³-hybridized carbons (Fsp3) is 0.375. The predicted molar refractivity (Wildman–Crippen MR) is 91.1 cm³/mol. The van der Waals surface area contributed by atoms with Crippen molar-refractivity contribution in [1.82, 2.24) is 14.5 Å². The molecule has 24 heavy (non-hydrogen) atoms. The van der Waals surface area contributed by atoms with E-state index in [0.29, 0.717) is 17.8 Å². The smallest absolute Gasteiger partial charge is 0.290 e. The minimum Gasteiger partial charge on any atom is -0.483 e. The highest BCUT2D eigenvalue weighted by Crippen LogP contribution is 2.16. The lowest BCUT2D eigenvalue weighted by Crippen LogP contribution is -2.29. The lowest BCUT2D eigenvalue weighted by molar-refractivity contribution is -0.129. The third-order valence-corrected chi connectivity index (χ3v) is 4.38. The third-order valence-electron chi connectivity index (χ3n) is 3.30. The molecule has 7 nitrogen and oxygen atoms in total. The number of Topliss-reactive ketones (excluding diaryl/α,β-unsaturated/α-hetero) is 1. The van der Waals surface area contributed by atoms with Crippen LogP contribution in [0.15, 0.2) is 23.8 Å². The fourth-order valence-electron chi connectivity index (χ4n) is 2.04. The van der Waals surface area contributed by atoms with Crippen LogP contribution < -0.4 is 0 Å². The quantitative estimate of drug-likeness (QED) is 0.635. The highest BCUT2D eigenvalue weighted by atomic mass is 32.1. The first-order valence-corrected chi connectivity index (χ1v) is 8.21. The summed E-state index contributed by atoms with van der Waals surface area (Å²) in [5.41, 5.74) is 0.890. The minimum absolute atomic E-state index is 0.0218. The van der Waals surface area contributed by atoms with Crippen molar-refractivity contribution in [3.63, 3.8) is 0 Å². The first-order chi connectivity index (χ1) is 11.4. The van der Waals surface area contributed by atoms with E-state index < -0.39 is 0 Å². The number of ketones is 1. The summed E-state index contributed by atoms with van der Waals surface area (Å²) in [4.78, 5) is 38.5. The highest BCUT2D eigenvalue weighted by Gasteiger charge is 2.14. The van der Waals surface area contributed by atoms with E-state index in [9.17, 15) is 9.59 Å². The Balaban J connectivity index is 0.000000891. The van der Waals surface area contributed by atoms with E-state index in [2.05, 4.69) is 4.98 Å². The molecule has 130 valence electrons. The number of hydrogen-bond donors (Lipinski definition) is 1. The number of nitrogens with zero attached hydrogens (tertiary/aromatic N) is 3. The Morgan fingerprint density at radius 2 is 2.12 bits per heavy atom. The standard InChI is InChI=1S/C15H19N3O2S.CH2O2/c1-4-18-6-5-16-14(18)9-17(3)15(20)8-12-7-13(11(2)19)21-10-12;2-1-3/h5-7,10H,4,8-9H2,1-3H3;1H,(H,2,3). The summed E-state index contributed by atoms with van der Waals surface area (Å²) >= 11 is 1.39. The second kappa shape index (κ2) is 9.61. The van der Waals surface area contributed by atoms with Gasteiger partial charge in [0.25, 0.3) is 6.47 Å². The summed E-state index contributed by atoms with van der Waals surface area (Å²) in [6.07, 6.45) is 3.97. The molecule has 0 aliphatic carbocycles. The van der Waals surface area contributed by atoms with Gasteiger partial charge in [-0.1, -0.05) is 0 Å². The molecule has 2 aromatic heterocycles. The van der Waals surface area contributed by atoms with Crippen molar-refractivity contribution < 1.29 is 19.5 Å². The van der Waals surface area contributed by atoms with Gasteiger partial charge in [0.2, 0.25) is 5.91 Å². The van der Waals surface area contributed by atoms with Gasteiger partial charge in [0.15, 0.2) is 5.78 Å². The van der Waals surface area contributed by atoms with Gasteiger partial charge in [0.1, 0.15) is 5.82 Å². The van der Waals surface area contributed by atoms with Crippen LogP contribution in [0.1, 0.15) is 34.9 Å². The van der Waals surface area contributed by atoms with E-state index in [0.717, 1.165) is 17.9 Å². The summed E-state index contributed by atoms with van der Waals surface area (Å²) in [5.74, 6) is 0.939. The second-order valence-electron chi connectivity index (χ2n) is 5.04. The Bertz CT molecular complexity index is 693. The van der Waals surface area contributed by atoms with Gasteiger partial charge in [0.05, 0.1) is 17.8 Å². The van der Waals surface area contributed by atoms with Crippen LogP contribution in [0.3, 0.4) is 0 Å². The number of amides is 1. The predicted octanol–water partition coefficient (Wildman–Crippen LogP) is 2.07. The van der Waals surface area contributed by atoms with Crippen molar-refractivity contribution in [2.45, 2.75) is 33.4 Å². The molecule has 2 heterocycles. The summed E-state index contributed by atoms with van der Waals surface area (Å²) in [6.45, 7) is 4.66. The molecule has 0 atom stereocenters. The van der Waals surface area contributed by atoms with Gasteiger partial charge in [0, 0.05) is 26.0 Å². The van der Waals surface area contributed by atoms with Gasteiger partial charge >= 0.3 is 0 Å². The number of rotatable bonds is 6. The zero-order chi connectivity index (χ0) is 18.1. The fourth-order valence-corrected chi connectivity index (χ4v) is 2.86. The summed E-state index contributed by atoms with van der Waals surface area (Å²) in [7, 11) is 1.77. The zero-order valence-corrected chi connectivity index (χ0v) is 14.7. The second-order valence-corrected chi connectivity index (χ2v) is 5.95. The largest absolute Gasteiger partial charge is 0.483 e. The van der Waals surface area contributed by atoms with Crippen molar-refractivity contribution in [2.75, 3.05) is 7.05 Å². The molecule has 0 aromatic carbocycles. The van der Waals surface area contributed by atoms with Crippen LogP contribution in [0.25, 0.3) is 0 Å². The lowest BCUT2D eigenvalue weighted by atomic mass is 10.2. The number of hydrogen-bond acceptors (Lipinski definition) is 5. The summed E-state index contributed by atoms with van der Waals surface area (Å²) in [5, 5.41) is 8.76. The van der Waals surface area contributed by atoms with E-state index in [1.807, 2.05) is 23.1 Å². The van der Waals surface area contributed by atoms with Gasteiger partial charge in [-0.05, 0) is 30.9 Å². The summed E-state index contributed by atoms with van der Waals surface area (Å²) in [6, 6.07) is 1.80. The lowest BCUT2D eigenvalue weighted by Gasteiger charge is -2.17. The molecule has 0 bridgehead atoms. The number of aryl methyl sites for hydroxylation is 1. The van der Waals surface area contributed by atoms with Crippen molar-refractivity contribution in [2.24, 2.45) is 0 Å². The molecule has 0 spiro atoms. The number of aromatic nitrogens is 2. The molecule has 0 fully saturated rings. The number of likely N-dealkylation sites (N-methyl/N-ethyl adjacent to an activating group) is 1. The van der Waals surface area contributed by atoms with Crippen LogP contribution in [0.5, 0.6) is 0 Å². The van der Waals surface area contributed by atoms with Crippen LogP contribution in [0.2, 0.25) is 0 Å². The molecule has 2 aromatic rings. The van der Waals surface area contributed by atoms with Crippen LogP contribution in [-0.2, 0) is 29.1 Å². The van der Waals surface area contributed by atoms with E-state index >= 15 is 0 Å². The summed E-state index contributed by atoms with van der Waals surface area (Å²) < 4.78 is 2.02. The number of carbonyl (C=O) groups excluding carboxylic acids is 2. The van der Waals surface area contributed by atoms with Gasteiger partial charge in [-0.3, -0.25) is 14.4 Å². The maximum absolute atomic E-state index is 12.2. The molecule has 8 heteroatoms. The minimum atomic E-state index is -0.250. The van der Waals surface area contributed by atoms with Gasteiger partial charge < -0.3 is 14.6 Å². The van der Waals surface area contributed by atoms with Gasteiger partial charge in [-0.25, -0.2) is 4.98 Å². The Labute approximate surface area is 144 Å². The average Bonchev–Trinajstić information content (AvgIpc) is 3.17. The van der Waals surface area contributed by atoms with E-state index in [4.69, 9.17) is 9.90 Å². The Morgan fingerprint density at radius 3 is 2.67 bits per heavy atom. The van der Waals surface area contributed by atoms with E-state index in [1.165, 1.54) is 18.3 Å². The maximum atomic E-state index is 12.2. The first kappa shape index (κ1) is 19.6. The Hall–Kier alpha value is -2.48. The van der Waals surface area contributed by atoms with Crippen LogP contribution in [-0.4, -0.2) is 44.8 Å². The van der Waals surface area contributed by atoms with Crippen LogP contribution in [0.4, 0.5) is 0 Å². The molecule has 0 radical (unpaired) electrons. The monoisotopic (exact) mass is 351 g/mol. The number of carboxylic acid groups (broad SMARTS) is 1. The Kier molecular flexibility index (Phi) is 7.84. The van der Waals surface area contributed by atoms with E-state index in [1.54, 1.807) is 24.2 Å². The highest BCUT2D eigenvalue weighted by molar-refractivity contribution is 7.12.